The molecule has 9 rings (SSSR count). The first-order valence-corrected chi connectivity index (χ1v) is 26.4. The molecule has 3 aromatic carbocycles. The summed E-state index contributed by atoms with van der Waals surface area (Å²) >= 11 is 0. The number of aromatic amines is 3. The zero-order chi connectivity index (χ0) is 58.0. The van der Waals surface area contributed by atoms with E-state index in [0.717, 1.165) is 134 Å². The standard InChI is InChI=1S/3C17H22N4O2.2C2H2O4/c3*22-16-8-11-20-17(21-16)19-10-3-9-18-12-14-7-6-13-4-1-2-5-15(13)23-14;2*3-1(4)2(5)6/h3*1-2,4-5,8,11,14,18H,3,6-7,9-10,12H2,(H2,19,20,21,22);2*(H,3,4)(H,5,6). The molecule has 6 aromatic rings. The number of carboxylic acids is 4. The van der Waals surface area contributed by atoms with Crippen molar-refractivity contribution in [3.8, 4) is 17.2 Å². The topological polar surface area (TPSA) is 386 Å². The van der Waals surface area contributed by atoms with Crippen LogP contribution in [0.25, 0.3) is 0 Å². The molecule has 13 N–H and O–H groups in total. The lowest BCUT2D eigenvalue weighted by atomic mass is 10.0. The molecular formula is C55H70N12O14. The van der Waals surface area contributed by atoms with Crippen LogP contribution in [0.5, 0.6) is 17.2 Å². The molecule has 3 unspecified atom stereocenters. The van der Waals surface area contributed by atoms with Gasteiger partial charge in [0.15, 0.2) is 0 Å². The van der Waals surface area contributed by atoms with Gasteiger partial charge in [-0.05, 0) is 112 Å². The van der Waals surface area contributed by atoms with Gasteiger partial charge in [0.1, 0.15) is 35.6 Å². The number of aryl methyl sites for hydroxylation is 3. The lowest BCUT2D eigenvalue weighted by Crippen LogP contribution is -2.35. The van der Waals surface area contributed by atoms with Crippen LogP contribution >= 0.6 is 0 Å². The van der Waals surface area contributed by atoms with Crippen molar-refractivity contribution >= 4 is 41.7 Å². The van der Waals surface area contributed by atoms with Gasteiger partial charge in [-0.3, -0.25) is 29.3 Å². The third-order valence-corrected chi connectivity index (χ3v) is 12.0. The molecule has 0 saturated heterocycles. The molecule has 3 atom stereocenters. The van der Waals surface area contributed by atoms with Crippen molar-refractivity contribution in [3.63, 3.8) is 0 Å². The minimum atomic E-state index is -1.82. The molecule has 3 aromatic heterocycles. The van der Waals surface area contributed by atoms with Crippen LogP contribution in [0, 0.1) is 0 Å². The Morgan fingerprint density at radius 3 is 0.951 bits per heavy atom. The molecular weight excluding hydrogens is 1050 g/mol. The molecule has 0 fully saturated rings. The van der Waals surface area contributed by atoms with Gasteiger partial charge in [0.25, 0.3) is 16.7 Å². The first-order valence-electron chi connectivity index (χ1n) is 26.4. The van der Waals surface area contributed by atoms with E-state index in [1.54, 1.807) is 0 Å². The first kappa shape index (κ1) is 62.7. The fourth-order valence-corrected chi connectivity index (χ4v) is 8.00. The van der Waals surface area contributed by atoms with Crippen LogP contribution in [0.2, 0.25) is 0 Å². The molecule has 0 bridgehead atoms. The summed E-state index contributed by atoms with van der Waals surface area (Å²) in [5.41, 5.74) is 3.48. The van der Waals surface area contributed by atoms with E-state index in [-0.39, 0.29) is 35.0 Å². The molecule has 0 saturated carbocycles. The fourth-order valence-electron chi connectivity index (χ4n) is 8.00. The number of carbonyl (C=O) groups is 4. The van der Waals surface area contributed by atoms with Crippen LogP contribution in [0.15, 0.2) is 124 Å². The Balaban J connectivity index is 0.000000202. The number of para-hydroxylation sites is 3. The maximum Gasteiger partial charge on any atom is 0.414 e. The molecule has 434 valence electrons. The number of benzene rings is 3. The van der Waals surface area contributed by atoms with Gasteiger partial charge in [-0.2, -0.15) is 0 Å². The minimum Gasteiger partial charge on any atom is -0.489 e. The summed E-state index contributed by atoms with van der Waals surface area (Å²) in [6, 6.07) is 28.9. The molecule has 3 aliphatic rings. The number of nitrogens with one attached hydrogen (secondary N) is 9. The summed E-state index contributed by atoms with van der Waals surface area (Å²) < 4.78 is 18.0. The van der Waals surface area contributed by atoms with Crippen molar-refractivity contribution in [2.75, 3.05) is 74.9 Å². The van der Waals surface area contributed by atoms with Crippen LogP contribution in [0.1, 0.15) is 55.2 Å². The smallest absolute Gasteiger partial charge is 0.414 e. The Morgan fingerprint density at radius 2 is 0.691 bits per heavy atom. The third-order valence-electron chi connectivity index (χ3n) is 12.0. The molecule has 3 aliphatic heterocycles. The summed E-state index contributed by atoms with van der Waals surface area (Å²) in [6.45, 7) is 7.53. The van der Waals surface area contributed by atoms with E-state index >= 15 is 0 Å². The van der Waals surface area contributed by atoms with E-state index < -0.39 is 23.9 Å². The maximum absolute atomic E-state index is 11.1. The fraction of sp³-hybridized carbons (Fsp3) is 0.382. The zero-order valence-corrected chi connectivity index (χ0v) is 44.6. The second-order valence-corrected chi connectivity index (χ2v) is 18.2. The van der Waals surface area contributed by atoms with Gasteiger partial charge in [-0.25, -0.2) is 34.1 Å². The van der Waals surface area contributed by atoms with E-state index in [9.17, 15) is 14.4 Å². The Morgan fingerprint density at radius 1 is 0.420 bits per heavy atom. The third kappa shape index (κ3) is 25.0. The van der Waals surface area contributed by atoms with Crippen LogP contribution in [-0.4, -0.2) is 151 Å². The number of anilines is 3. The van der Waals surface area contributed by atoms with Crippen molar-refractivity contribution in [1.82, 2.24) is 45.9 Å². The second-order valence-electron chi connectivity index (χ2n) is 18.2. The summed E-state index contributed by atoms with van der Waals surface area (Å²) in [6.07, 6.45) is 14.5. The first-order chi connectivity index (χ1) is 39.2. The number of hydrogen-bond donors (Lipinski definition) is 13. The molecule has 81 heavy (non-hydrogen) atoms. The van der Waals surface area contributed by atoms with E-state index in [4.69, 9.17) is 53.8 Å². The van der Waals surface area contributed by atoms with Crippen molar-refractivity contribution in [3.05, 3.63) is 157 Å². The van der Waals surface area contributed by atoms with Crippen LogP contribution in [0.4, 0.5) is 17.8 Å². The lowest BCUT2D eigenvalue weighted by molar-refractivity contribution is -0.159. The normalized spacial score (nSPS) is 15.1. The number of nitrogens with zero attached hydrogens (tertiary/aromatic N) is 3. The molecule has 0 spiro atoms. The Labute approximate surface area is 465 Å². The van der Waals surface area contributed by atoms with Gasteiger partial charge >= 0.3 is 23.9 Å². The van der Waals surface area contributed by atoms with Gasteiger partial charge in [-0.1, -0.05) is 54.6 Å². The van der Waals surface area contributed by atoms with Crippen molar-refractivity contribution in [2.45, 2.75) is 76.1 Å². The van der Waals surface area contributed by atoms with Crippen molar-refractivity contribution in [1.29, 1.82) is 0 Å². The second kappa shape index (κ2) is 35.4. The molecule has 26 heteroatoms. The van der Waals surface area contributed by atoms with Gasteiger partial charge in [0, 0.05) is 76.1 Å². The van der Waals surface area contributed by atoms with E-state index in [2.05, 4.69) is 98.2 Å². The van der Waals surface area contributed by atoms with E-state index in [1.807, 2.05) is 36.4 Å². The Kier molecular flexibility index (Phi) is 27.4. The summed E-state index contributed by atoms with van der Waals surface area (Å²) in [5, 5.41) is 49.1. The largest absolute Gasteiger partial charge is 0.489 e. The number of H-pyrrole nitrogens is 3. The average Bonchev–Trinajstić information content (AvgIpc) is 3.52. The molecule has 0 radical (unpaired) electrons. The zero-order valence-electron chi connectivity index (χ0n) is 44.6. The quantitative estimate of drug-likeness (QED) is 0.0364. The monoisotopic (exact) mass is 1120 g/mol. The van der Waals surface area contributed by atoms with Gasteiger partial charge in [0.2, 0.25) is 17.8 Å². The highest BCUT2D eigenvalue weighted by molar-refractivity contribution is 6.27. The van der Waals surface area contributed by atoms with Gasteiger partial charge in [0.05, 0.1) is 0 Å². The van der Waals surface area contributed by atoms with E-state index in [1.165, 1.54) is 53.5 Å². The minimum absolute atomic E-state index is 0.143. The Hall–Kier alpha value is -9.14. The number of hydrogen-bond acceptors (Lipinski definition) is 19. The number of rotatable bonds is 21. The molecule has 26 nitrogen and oxygen atoms in total. The SMILES string of the molecule is O=C(O)C(=O)O.O=C(O)C(=O)O.O=c1ccnc(NCCCNCC2CCc3ccccc3O2)[nH]1.O=c1ccnc(NCCCNCC2CCc3ccccc3O2)[nH]1.O=c1ccnc(NCCCNCC2CCc3ccccc3O2)[nH]1. The number of carboxylic acid groups (broad SMARTS) is 4. The molecule has 6 heterocycles. The van der Waals surface area contributed by atoms with Gasteiger partial charge < -0.3 is 66.5 Å². The summed E-state index contributed by atoms with van der Waals surface area (Å²) in [7, 11) is 0. The van der Waals surface area contributed by atoms with Gasteiger partial charge in [-0.15, -0.1) is 0 Å². The molecule has 0 amide bonds. The Bertz CT molecular complexity index is 2740. The van der Waals surface area contributed by atoms with Crippen LogP contribution < -0.4 is 62.8 Å². The summed E-state index contributed by atoms with van der Waals surface area (Å²) in [5.74, 6) is -2.68. The average molecular weight is 1120 g/mol. The maximum atomic E-state index is 11.1. The van der Waals surface area contributed by atoms with Crippen molar-refractivity contribution < 1.29 is 53.8 Å². The lowest BCUT2D eigenvalue weighted by Gasteiger charge is -2.26. The molecule has 0 aliphatic carbocycles. The highest BCUT2D eigenvalue weighted by Gasteiger charge is 2.21. The van der Waals surface area contributed by atoms with Crippen LogP contribution in [-0.2, 0) is 38.4 Å². The highest BCUT2D eigenvalue weighted by Crippen LogP contribution is 2.28. The number of ether oxygens (including phenoxy) is 3. The number of aromatic nitrogens is 6. The van der Waals surface area contributed by atoms with Crippen LogP contribution in [0.3, 0.4) is 0 Å². The predicted octanol–water partition coefficient (Wildman–Crippen LogP) is 2.98. The predicted molar refractivity (Wildman–Crippen MR) is 301 cm³/mol. The highest BCUT2D eigenvalue weighted by atomic mass is 16.5. The number of fused-ring (bicyclic) bond motifs is 3. The van der Waals surface area contributed by atoms with E-state index in [0.29, 0.717) is 17.8 Å². The number of aliphatic carboxylic acids is 4. The van der Waals surface area contributed by atoms with Crippen molar-refractivity contribution in [2.24, 2.45) is 0 Å². The summed E-state index contributed by atoms with van der Waals surface area (Å²) in [4.78, 5) is 89.8.